The number of hydrogen-bond donors (Lipinski definition) is 2. The summed E-state index contributed by atoms with van der Waals surface area (Å²) in [6.07, 6.45) is 9.99. The molecule has 2 N–H and O–H groups in total. The molecular formula is C35H51F5N8. The molecule has 1 aliphatic heterocycles. The quantitative estimate of drug-likeness (QED) is 0.243. The molecule has 2 aliphatic carbocycles. The van der Waals surface area contributed by atoms with Crippen molar-refractivity contribution in [2.75, 3.05) is 6.54 Å². The van der Waals surface area contributed by atoms with Crippen molar-refractivity contribution in [1.82, 2.24) is 40.0 Å². The lowest BCUT2D eigenvalue weighted by molar-refractivity contribution is -0.110. The van der Waals surface area contributed by atoms with Crippen molar-refractivity contribution in [1.29, 1.82) is 0 Å². The number of aromatic nitrogens is 6. The molecule has 0 spiro atoms. The van der Waals surface area contributed by atoms with E-state index in [4.69, 9.17) is 15.1 Å². The highest BCUT2D eigenvalue weighted by molar-refractivity contribution is 5.59. The molecule has 2 saturated carbocycles. The Bertz CT molecular complexity index is 1490. The molecular weight excluding hydrogens is 627 g/mol. The van der Waals surface area contributed by atoms with E-state index >= 15 is 0 Å². The van der Waals surface area contributed by atoms with E-state index in [1.165, 1.54) is 44.2 Å². The number of rotatable bonds is 7. The van der Waals surface area contributed by atoms with Gasteiger partial charge in [-0.2, -0.15) is 23.4 Å². The van der Waals surface area contributed by atoms with E-state index in [9.17, 15) is 22.0 Å². The normalized spacial score (nSPS) is 20.1. The summed E-state index contributed by atoms with van der Waals surface area (Å²) in [5.74, 6) is -2.03. The Hall–Kier alpha value is -3.51. The number of hydrogen-bond acceptors (Lipinski definition) is 6. The van der Waals surface area contributed by atoms with Gasteiger partial charge in [0.25, 0.3) is 5.78 Å². The van der Waals surface area contributed by atoms with E-state index in [1.54, 1.807) is 10.7 Å². The molecule has 8 nitrogen and oxygen atoms in total. The van der Waals surface area contributed by atoms with Gasteiger partial charge in [-0.3, -0.25) is 4.68 Å². The van der Waals surface area contributed by atoms with Gasteiger partial charge in [0.2, 0.25) is 5.92 Å². The fourth-order valence-electron chi connectivity index (χ4n) is 6.96. The fourth-order valence-corrected chi connectivity index (χ4v) is 6.96. The Balaban J connectivity index is 0.000000367. The average molecular weight is 679 g/mol. The first-order valence-electron chi connectivity index (χ1n) is 17.2. The Kier molecular flexibility index (Phi) is 12.3. The number of allylic oxidation sites excluding steroid dienone is 1. The molecule has 3 fully saturated rings. The summed E-state index contributed by atoms with van der Waals surface area (Å²) >= 11 is 0. The molecule has 0 radical (unpaired) electrons. The van der Waals surface area contributed by atoms with Gasteiger partial charge in [0.15, 0.2) is 0 Å². The van der Waals surface area contributed by atoms with Crippen LogP contribution in [0.4, 0.5) is 22.0 Å². The van der Waals surface area contributed by atoms with Crippen molar-refractivity contribution in [3.8, 4) is 0 Å². The summed E-state index contributed by atoms with van der Waals surface area (Å²) in [4.78, 5) is 9.91. The van der Waals surface area contributed by atoms with Crippen molar-refractivity contribution in [3.05, 3.63) is 60.1 Å². The number of nitrogens with one attached hydrogen (secondary N) is 2. The molecule has 48 heavy (non-hydrogen) atoms. The zero-order valence-corrected chi connectivity index (χ0v) is 28.8. The van der Waals surface area contributed by atoms with Gasteiger partial charge < -0.3 is 10.6 Å². The van der Waals surface area contributed by atoms with Gasteiger partial charge in [-0.1, -0.05) is 39.3 Å². The minimum atomic E-state index is -4.00. The minimum Gasteiger partial charge on any atom is -0.389 e. The first-order valence-corrected chi connectivity index (χ1v) is 17.2. The monoisotopic (exact) mass is 678 g/mol. The van der Waals surface area contributed by atoms with Crippen molar-refractivity contribution in [3.63, 3.8) is 0 Å². The highest BCUT2D eigenvalue weighted by Gasteiger charge is 2.39. The summed E-state index contributed by atoms with van der Waals surface area (Å²) in [5, 5.41) is 15.9. The second kappa shape index (κ2) is 15.8. The van der Waals surface area contributed by atoms with Crippen LogP contribution in [-0.4, -0.2) is 48.0 Å². The van der Waals surface area contributed by atoms with Gasteiger partial charge in [-0.15, -0.1) is 0 Å². The van der Waals surface area contributed by atoms with E-state index in [0.717, 1.165) is 42.2 Å². The number of alkyl halides is 5. The molecule has 4 heterocycles. The van der Waals surface area contributed by atoms with Crippen molar-refractivity contribution in [2.45, 2.75) is 135 Å². The number of piperidine rings is 1. The van der Waals surface area contributed by atoms with E-state index in [0.29, 0.717) is 30.9 Å². The van der Waals surface area contributed by atoms with Crippen LogP contribution in [0.2, 0.25) is 0 Å². The molecule has 3 aromatic rings. The smallest absolute Gasteiger partial charge is 0.386 e. The van der Waals surface area contributed by atoms with Crippen LogP contribution < -0.4 is 10.6 Å². The predicted molar refractivity (Wildman–Crippen MR) is 178 cm³/mol. The van der Waals surface area contributed by atoms with Crippen LogP contribution in [-0.2, 0) is 12.0 Å². The largest absolute Gasteiger partial charge is 0.389 e. The number of imidazole rings is 1. The maximum atomic E-state index is 14.0. The van der Waals surface area contributed by atoms with Gasteiger partial charge >= 0.3 is 6.18 Å². The highest BCUT2D eigenvalue weighted by atomic mass is 19.4. The summed E-state index contributed by atoms with van der Waals surface area (Å²) in [5.41, 5.74) is 5.54. The van der Waals surface area contributed by atoms with Gasteiger partial charge in [-0.05, 0) is 70.8 Å². The number of halogens is 5. The third kappa shape index (κ3) is 10.2. The maximum Gasteiger partial charge on any atom is 0.386 e. The molecule has 1 atom stereocenters. The molecule has 13 heteroatoms. The zero-order chi connectivity index (χ0) is 35.1. The Morgan fingerprint density at radius 1 is 1.08 bits per heavy atom. The van der Waals surface area contributed by atoms with Crippen molar-refractivity contribution in [2.24, 2.45) is 5.92 Å². The van der Waals surface area contributed by atoms with Crippen molar-refractivity contribution < 1.29 is 22.0 Å². The Morgan fingerprint density at radius 3 is 2.31 bits per heavy atom. The lowest BCUT2D eigenvalue weighted by atomic mass is 9.73. The van der Waals surface area contributed by atoms with Crippen LogP contribution >= 0.6 is 0 Å². The summed E-state index contributed by atoms with van der Waals surface area (Å²) in [6.45, 7) is 16.4. The van der Waals surface area contributed by atoms with Gasteiger partial charge in [0.05, 0.1) is 40.7 Å². The van der Waals surface area contributed by atoms with Crippen LogP contribution in [0.3, 0.4) is 0 Å². The highest BCUT2D eigenvalue weighted by Crippen LogP contribution is 2.42. The Labute approximate surface area is 280 Å². The molecule has 0 aromatic carbocycles. The number of aryl methyl sites for hydroxylation is 2. The maximum absolute atomic E-state index is 14.0. The zero-order valence-electron chi connectivity index (χ0n) is 28.8. The second-order valence-corrected chi connectivity index (χ2v) is 13.7. The molecule has 0 amide bonds. The molecule has 3 aliphatic rings. The second-order valence-electron chi connectivity index (χ2n) is 13.7. The van der Waals surface area contributed by atoms with Crippen LogP contribution in [0.5, 0.6) is 0 Å². The molecule has 1 saturated heterocycles. The van der Waals surface area contributed by atoms with Crippen LogP contribution in [0.15, 0.2) is 37.3 Å². The van der Waals surface area contributed by atoms with Gasteiger partial charge in [0.1, 0.15) is 0 Å². The molecule has 1 unspecified atom stereocenters. The summed E-state index contributed by atoms with van der Waals surface area (Å²) in [6, 6.07) is 1.64. The topological polar surface area (TPSA) is 85.0 Å². The van der Waals surface area contributed by atoms with Crippen LogP contribution in [0.25, 0.3) is 11.5 Å². The van der Waals surface area contributed by atoms with E-state index in [2.05, 4.69) is 35.8 Å². The lowest BCUT2D eigenvalue weighted by Gasteiger charge is -2.34. The molecule has 6 rings (SSSR count). The van der Waals surface area contributed by atoms with Crippen LogP contribution in [0.1, 0.15) is 127 Å². The third-order valence-corrected chi connectivity index (χ3v) is 9.52. The molecule has 266 valence electrons. The minimum absolute atomic E-state index is 0.000661. The van der Waals surface area contributed by atoms with E-state index < -0.39 is 12.1 Å². The van der Waals surface area contributed by atoms with E-state index in [1.807, 2.05) is 30.8 Å². The van der Waals surface area contributed by atoms with Gasteiger partial charge in [0, 0.05) is 50.2 Å². The lowest BCUT2D eigenvalue weighted by Crippen LogP contribution is -2.34. The SMILES string of the molecule is C=C(NC(c1cn2nc(C)c(C3(C)CCCCC3)nc2n1)C1CCC(F)(F)CC1)c1ccnn1CC.C=C1CCCCN1.CC(F)(F)F. The third-order valence-electron chi connectivity index (χ3n) is 9.52. The first kappa shape index (κ1) is 37.3. The Morgan fingerprint density at radius 2 is 1.75 bits per heavy atom. The number of fused-ring (bicyclic) bond motifs is 1. The number of nitrogens with zero attached hydrogens (tertiary/aromatic N) is 6. The molecule has 0 bridgehead atoms. The molecule has 3 aromatic heterocycles. The average Bonchev–Trinajstić information content (AvgIpc) is 3.67. The predicted octanol–water partition coefficient (Wildman–Crippen LogP) is 8.84. The standard InChI is InChI=1S/C27H37F2N7.C6H11N.C2H3F3/c1-5-35-22(11-16-30-35)18(2)31-23(20-9-14-27(28,29)15-10-20)21-17-36-25(32-21)33-24(19(3)34-36)26(4)12-7-6-8-13-26;1-6-4-2-3-5-7-6;1-2(3,4)5/h11,16-17,20,23,31H,2,5-10,12-15H2,1,3-4H3;7H,1-5H2;1H3. The van der Waals surface area contributed by atoms with Crippen molar-refractivity contribution >= 4 is 11.5 Å². The van der Waals surface area contributed by atoms with E-state index in [-0.39, 0.29) is 37.1 Å². The van der Waals surface area contributed by atoms with Crippen LogP contribution in [0, 0.1) is 12.8 Å². The fraction of sp³-hybridized carbons (Fsp3) is 0.657. The first-order chi connectivity index (χ1) is 22.6. The van der Waals surface area contributed by atoms with Gasteiger partial charge in [-0.25, -0.2) is 23.3 Å². The summed E-state index contributed by atoms with van der Waals surface area (Å²) in [7, 11) is 0. The summed E-state index contributed by atoms with van der Waals surface area (Å²) < 4.78 is 62.7.